The molecular formula is C26H31N7O3. The van der Waals surface area contributed by atoms with Crippen LogP contribution in [0.1, 0.15) is 45.7 Å². The van der Waals surface area contributed by atoms with E-state index >= 15 is 0 Å². The van der Waals surface area contributed by atoms with Gasteiger partial charge < -0.3 is 15.0 Å². The van der Waals surface area contributed by atoms with Crippen molar-refractivity contribution in [1.29, 1.82) is 5.26 Å². The molecule has 10 nitrogen and oxygen atoms in total. The fraction of sp³-hybridized carbons (Fsp3) is 0.423. The van der Waals surface area contributed by atoms with E-state index in [9.17, 15) is 14.9 Å². The third-order valence-electron chi connectivity index (χ3n) is 5.25. The summed E-state index contributed by atoms with van der Waals surface area (Å²) in [5.74, 6) is 6.40. The molecule has 2 aromatic heterocycles. The number of likely N-dealkylation sites (N-methyl/N-ethyl adjacent to an activating group) is 1. The lowest BCUT2D eigenvalue weighted by Gasteiger charge is -2.25. The Kier molecular flexibility index (Phi) is 8.00. The second kappa shape index (κ2) is 11.0. The molecule has 1 atom stereocenters. The number of hydrogen-bond acceptors (Lipinski definition) is 7. The zero-order valence-corrected chi connectivity index (χ0v) is 21.5. The summed E-state index contributed by atoms with van der Waals surface area (Å²) in [5.41, 5.74) is 1.08. The fourth-order valence-electron chi connectivity index (χ4n) is 3.76. The number of anilines is 1. The van der Waals surface area contributed by atoms with Gasteiger partial charge in [0.05, 0.1) is 30.9 Å². The SMILES string of the molecule is CC#CCn1c(N(C)C[C@H](C)NC(=O)OC(C)(C)C)nc2cnn(Cc3ccccc3C#N)c(=O)c21. The minimum atomic E-state index is -0.594. The molecule has 10 heteroatoms. The number of carbonyl (C=O) groups excluding carboxylic acids is 1. The van der Waals surface area contributed by atoms with E-state index in [1.807, 2.05) is 24.9 Å². The maximum Gasteiger partial charge on any atom is 0.407 e. The summed E-state index contributed by atoms with van der Waals surface area (Å²) in [4.78, 5) is 32.1. The highest BCUT2D eigenvalue weighted by molar-refractivity contribution is 5.77. The Bertz CT molecular complexity index is 1410. The predicted octanol–water partition coefficient (Wildman–Crippen LogP) is 2.89. The van der Waals surface area contributed by atoms with E-state index in [1.54, 1.807) is 56.7 Å². The zero-order valence-electron chi connectivity index (χ0n) is 21.5. The van der Waals surface area contributed by atoms with Gasteiger partial charge in [-0.2, -0.15) is 10.4 Å². The monoisotopic (exact) mass is 489 g/mol. The van der Waals surface area contributed by atoms with Crippen molar-refractivity contribution < 1.29 is 9.53 Å². The van der Waals surface area contributed by atoms with Crippen molar-refractivity contribution in [1.82, 2.24) is 24.6 Å². The number of rotatable bonds is 7. The van der Waals surface area contributed by atoms with Crippen LogP contribution in [-0.4, -0.2) is 50.7 Å². The molecule has 0 spiro atoms. The molecule has 0 unspecified atom stereocenters. The number of ether oxygens (including phenoxy) is 1. The van der Waals surface area contributed by atoms with Gasteiger partial charge in [0, 0.05) is 19.6 Å². The topological polar surface area (TPSA) is 118 Å². The normalized spacial score (nSPS) is 11.8. The Morgan fingerprint density at radius 1 is 1.31 bits per heavy atom. The third-order valence-corrected chi connectivity index (χ3v) is 5.25. The van der Waals surface area contributed by atoms with E-state index < -0.39 is 11.7 Å². The molecule has 0 saturated carbocycles. The first kappa shape index (κ1) is 26.3. The van der Waals surface area contributed by atoms with Crippen LogP contribution < -0.4 is 15.8 Å². The molecular weight excluding hydrogens is 458 g/mol. The van der Waals surface area contributed by atoms with E-state index in [0.717, 1.165) is 0 Å². The van der Waals surface area contributed by atoms with Crippen LogP contribution in [0.4, 0.5) is 10.7 Å². The van der Waals surface area contributed by atoms with Gasteiger partial charge in [-0.1, -0.05) is 24.1 Å². The van der Waals surface area contributed by atoms with Crippen LogP contribution in [0.25, 0.3) is 11.0 Å². The van der Waals surface area contributed by atoms with E-state index in [4.69, 9.17) is 4.74 Å². The highest BCUT2D eigenvalue weighted by Gasteiger charge is 2.22. The third kappa shape index (κ3) is 6.22. The zero-order chi connectivity index (χ0) is 26.5. The van der Waals surface area contributed by atoms with Crippen LogP contribution >= 0.6 is 0 Å². The second-order valence-electron chi connectivity index (χ2n) is 9.46. The number of nitrogens with zero attached hydrogens (tertiary/aromatic N) is 6. The van der Waals surface area contributed by atoms with E-state index in [0.29, 0.717) is 34.7 Å². The number of alkyl carbamates (subject to hydrolysis) is 1. The molecule has 3 aromatic rings. The Hall–Kier alpha value is -4.31. The van der Waals surface area contributed by atoms with Gasteiger partial charge in [-0.15, -0.1) is 5.92 Å². The smallest absolute Gasteiger partial charge is 0.407 e. The highest BCUT2D eigenvalue weighted by atomic mass is 16.6. The van der Waals surface area contributed by atoms with E-state index in [2.05, 4.69) is 33.3 Å². The van der Waals surface area contributed by atoms with Gasteiger partial charge in [0.25, 0.3) is 5.56 Å². The summed E-state index contributed by atoms with van der Waals surface area (Å²) in [6.45, 7) is 9.84. The first-order valence-corrected chi connectivity index (χ1v) is 11.6. The van der Waals surface area contributed by atoms with Crippen molar-refractivity contribution in [2.45, 2.75) is 59.4 Å². The van der Waals surface area contributed by atoms with Gasteiger partial charge in [-0.25, -0.2) is 14.5 Å². The number of aromatic nitrogens is 4. The van der Waals surface area contributed by atoms with Crippen molar-refractivity contribution in [2.24, 2.45) is 0 Å². The minimum Gasteiger partial charge on any atom is -0.444 e. The summed E-state index contributed by atoms with van der Waals surface area (Å²) >= 11 is 0. The maximum absolute atomic E-state index is 13.5. The molecule has 188 valence electrons. The number of nitrogens with one attached hydrogen (secondary N) is 1. The largest absolute Gasteiger partial charge is 0.444 e. The molecule has 0 fully saturated rings. The number of hydrogen-bond donors (Lipinski definition) is 1. The van der Waals surface area contributed by atoms with Crippen LogP contribution in [0.2, 0.25) is 0 Å². The maximum atomic E-state index is 13.5. The molecule has 0 bridgehead atoms. The molecule has 3 rings (SSSR count). The summed E-state index contributed by atoms with van der Waals surface area (Å²) < 4.78 is 8.41. The Morgan fingerprint density at radius 3 is 2.69 bits per heavy atom. The van der Waals surface area contributed by atoms with Crippen molar-refractivity contribution in [3.05, 3.63) is 51.9 Å². The summed E-state index contributed by atoms with van der Waals surface area (Å²) in [6.07, 6.45) is 1.04. The quantitative estimate of drug-likeness (QED) is 0.507. The van der Waals surface area contributed by atoms with E-state index in [-0.39, 0.29) is 24.7 Å². The van der Waals surface area contributed by atoms with Crippen LogP contribution in [0.5, 0.6) is 0 Å². The summed E-state index contributed by atoms with van der Waals surface area (Å²) in [5, 5.41) is 16.5. The molecule has 0 radical (unpaired) electrons. The molecule has 1 amide bonds. The number of imidazole rings is 1. The predicted molar refractivity (Wildman–Crippen MR) is 138 cm³/mol. The Balaban J connectivity index is 1.94. The van der Waals surface area contributed by atoms with Crippen molar-refractivity contribution in [2.75, 3.05) is 18.5 Å². The highest BCUT2D eigenvalue weighted by Crippen LogP contribution is 2.20. The first-order chi connectivity index (χ1) is 17.0. The van der Waals surface area contributed by atoms with Crippen LogP contribution in [-0.2, 0) is 17.8 Å². The molecule has 0 aliphatic heterocycles. The average Bonchev–Trinajstić information content (AvgIpc) is 3.17. The lowest BCUT2D eigenvalue weighted by atomic mass is 10.1. The van der Waals surface area contributed by atoms with Crippen molar-refractivity contribution in [3.63, 3.8) is 0 Å². The molecule has 0 aliphatic carbocycles. The number of carbonyl (C=O) groups is 1. The molecule has 36 heavy (non-hydrogen) atoms. The molecule has 1 N–H and O–H groups in total. The number of nitriles is 1. The first-order valence-electron chi connectivity index (χ1n) is 11.6. The van der Waals surface area contributed by atoms with Gasteiger partial charge in [0.1, 0.15) is 16.6 Å². The van der Waals surface area contributed by atoms with E-state index in [1.165, 1.54) is 4.68 Å². The van der Waals surface area contributed by atoms with Crippen molar-refractivity contribution >= 4 is 23.1 Å². The number of amides is 1. The summed E-state index contributed by atoms with van der Waals surface area (Å²) in [7, 11) is 1.83. The van der Waals surface area contributed by atoms with Gasteiger partial charge in [-0.05, 0) is 46.2 Å². The molecule has 1 aromatic carbocycles. The fourth-order valence-corrected chi connectivity index (χ4v) is 3.76. The lowest BCUT2D eigenvalue weighted by Crippen LogP contribution is -2.43. The standard InChI is InChI=1S/C26H31N7O3/c1-7-8-13-32-22-21(15-28-33(23(22)34)17-20-12-10-9-11-19(20)14-27)30-24(32)31(6)16-18(2)29-25(35)36-26(3,4)5/h9-12,15,18H,13,16-17H2,1-6H3,(H,29,35)/t18-/m0/s1. The van der Waals surface area contributed by atoms with Gasteiger partial charge in [-0.3, -0.25) is 9.36 Å². The minimum absolute atomic E-state index is 0.158. The van der Waals surface area contributed by atoms with Crippen LogP contribution in [0.15, 0.2) is 35.3 Å². The van der Waals surface area contributed by atoms with Gasteiger partial charge >= 0.3 is 6.09 Å². The Labute approximate surface area is 210 Å². The van der Waals surface area contributed by atoms with Crippen LogP contribution in [0, 0.1) is 23.2 Å². The van der Waals surface area contributed by atoms with Gasteiger partial charge in [0.2, 0.25) is 5.95 Å². The van der Waals surface area contributed by atoms with Gasteiger partial charge in [0.15, 0.2) is 0 Å². The lowest BCUT2D eigenvalue weighted by molar-refractivity contribution is 0.0510. The molecule has 0 saturated heterocycles. The number of benzene rings is 1. The Morgan fingerprint density at radius 2 is 2.03 bits per heavy atom. The average molecular weight is 490 g/mol. The summed E-state index contributed by atoms with van der Waals surface area (Å²) in [6, 6.07) is 9.00. The van der Waals surface area contributed by atoms with Crippen LogP contribution in [0.3, 0.4) is 0 Å². The second-order valence-corrected chi connectivity index (χ2v) is 9.46. The molecule has 0 aliphatic rings. The molecule has 2 heterocycles. The van der Waals surface area contributed by atoms with Crippen molar-refractivity contribution in [3.8, 4) is 17.9 Å². The number of fused-ring (bicyclic) bond motifs is 1.